The summed E-state index contributed by atoms with van der Waals surface area (Å²) in [4.78, 5) is 19.0. The van der Waals surface area contributed by atoms with E-state index in [0.717, 1.165) is 21.4 Å². The van der Waals surface area contributed by atoms with Gasteiger partial charge in [-0.05, 0) is 36.6 Å². The topological polar surface area (TPSA) is 69.7 Å². The van der Waals surface area contributed by atoms with Gasteiger partial charge in [0.25, 0.3) is 0 Å². The lowest BCUT2D eigenvalue weighted by Crippen LogP contribution is -3.00. The molecule has 0 aliphatic carbocycles. The number of nitrogens with zero attached hydrogens (tertiary/aromatic N) is 2. The SMILES string of the molecule is CCOC(=O)C(c1ccc(C(C)C)cc1Br)N1C(N)=[N+]c2ccccc21.[Br-]. The fourth-order valence-corrected chi connectivity index (χ4v) is 3.66. The second-order valence-electron chi connectivity index (χ2n) is 6.42. The van der Waals surface area contributed by atoms with E-state index in [1.165, 1.54) is 5.56 Å². The van der Waals surface area contributed by atoms with E-state index in [2.05, 4.69) is 34.8 Å². The Morgan fingerprint density at radius 1 is 1.26 bits per heavy atom. The van der Waals surface area contributed by atoms with Crippen LogP contribution in [0.15, 0.2) is 46.9 Å². The summed E-state index contributed by atoms with van der Waals surface area (Å²) < 4.78 is 6.20. The average molecular weight is 496 g/mol. The highest BCUT2D eigenvalue weighted by molar-refractivity contribution is 9.10. The lowest BCUT2D eigenvalue weighted by Gasteiger charge is -2.24. The van der Waals surface area contributed by atoms with Gasteiger partial charge in [0.1, 0.15) is 5.69 Å². The predicted octanol–water partition coefficient (Wildman–Crippen LogP) is 0.983. The zero-order chi connectivity index (χ0) is 18.8. The van der Waals surface area contributed by atoms with Crippen LogP contribution in [0.5, 0.6) is 0 Å². The van der Waals surface area contributed by atoms with Crippen molar-refractivity contribution in [3.05, 3.63) is 58.1 Å². The molecular formula is C20H22Br2N3O2. The molecule has 0 aromatic heterocycles. The third-order valence-corrected chi connectivity index (χ3v) is 5.06. The van der Waals surface area contributed by atoms with Crippen LogP contribution in [0.3, 0.4) is 0 Å². The fourth-order valence-electron chi connectivity index (χ4n) is 3.05. The van der Waals surface area contributed by atoms with E-state index in [-0.39, 0.29) is 28.9 Å². The number of benzene rings is 2. The van der Waals surface area contributed by atoms with E-state index in [4.69, 9.17) is 10.5 Å². The Morgan fingerprint density at radius 2 is 1.96 bits per heavy atom. The maximum absolute atomic E-state index is 12.9. The quantitative estimate of drug-likeness (QED) is 0.628. The molecule has 1 unspecified atom stereocenters. The zero-order valence-corrected chi connectivity index (χ0v) is 18.6. The lowest BCUT2D eigenvalue weighted by atomic mass is 9.98. The van der Waals surface area contributed by atoms with Gasteiger partial charge in [0, 0.05) is 10.0 Å². The molecule has 0 fully saturated rings. The summed E-state index contributed by atoms with van der Waals surface area (Å²) in [7, 11) is 0. The van der Waals surface area contributed by atoms with Gasteiger partial charge in [-0.3, -0.25) is 5.73 Å². The third-order valence-electron chi connectivity index (χ3n) is 4.38. The molecule has 3 rings (SSSR count). The molecule has 0 bridgehead atoms. The van der Waals surface area contributed by atoms with Crippen LogP contribution in [0.1, 0.15) is 43.9 Å². The van der Waals surface area contributed by atoms with Crippen molar-refractivity contribution in [3.8, 4) is 0 Å². The number of carbonyl (C=O) groups excluding carboxylic acids is 1. The molecule has 5 nitrogen and oxygen atoms in total. The summed E-state index contributed by atoms with van der Waals surface area (Å²) >= 11 is 3.63. The normalized spacial score (nSPS) is 13.7. The number of aliphatic imine (C=N–C) groups is 1. The van der Waals surface area contributed by atoms with Crippen molar-refractivity contribution in [2.75, 3.05) is 11.5 Å². The first kappa shape index (κ1) is 21.4. The van der Waals surface area contributed by atoms with Crippen molar-refractivity contribution in [1.29, 1.82) is 0 Å². The van der Waals surface area contributed by atoms with Gasteiger partial charge >= 0.3 is 11.9 Å². The van der Waals surface area contributed by atoms with Crippen LogP contribution in [0.4, 0.5) is 11.4 Å². The molecular weight excluding hydrogens is 474 g/mol. The summed E-state index contributed by atoms with van der Waals surface area (Å²) in [5, 5.41) is 0. The summed E-state index contributed by atoms with van der Waals surface area (Å²) in [6.07, 6.45) is 0. The molecule has 0 spiro atoms. The molecule has 1 radical (unpaired) electrons. The van der Waals surface area contributed by atoms with Crippen molar-refractivity contribution in [2.24, 2.45) is 5.73 Å². The standard InChI is InChI=1S/C20H22BrN3O2.BrH/c1-4-26-19(25)18(14-10-9-13(12(2)3)11-15(14)21)24-17-8-6-5-7-16(17)23-20(24)22;/h5-12,18H,4,22H2,1-3H3;1H/q+1;/p-1. The third kappa shape index (κ3) is 4.19. The predicted molar refractivity (Wildman–Crippen MR) is 108 cm³/mol. The van der Waals surface area contributed by atoms with Crippen LogP contribution in [0, 0.1) is 0 Å². The van der Waals surface area contributed by atoms with Gasteiger partial charge < -0.3 is 21.7 Å². The number of esters is 1. The number of guanidine groups is 1. The number of hydrogen-bond donors (Lipinski definition) is 1. The van der Waals surface area contributed by atoms with Crippen LogP contribution in [0.2, 0.25) is 0 Å². The van der Waals surface area contributed by atoms with Crippen molar-refractivity contribution >= 4 is 39.2 Å². The summed E-state index contributed by atoms with van der Waals surface area (Å²) in [6, 6.07) is 12.9. The first-order valence-corrected chi connectivity index (χ1v) is 9.41. The molecule has 2 aromatic carbocycles. The highest BCUT2D eigenvalue weighted by Gasteiger charge is 2.43. The number of rotatable bonds is 5. The first-order chi connectivity index (χ1) is 12.4. The Morgan fingerprint density at radius 3 is 2.59 bits per heavy atom. The van der Waals surface area contributed by atoms with Gasteiger partial charge in [0.15, 0.2) is 5.69 Å². The van der Waals surface area contributed by atoms with Crippen molar-refractivity contribution < 1.29 is 26.5 Å². The maximum Gasteiger partial charge on any atom is 0.391 e. The molecule has 2 aromatic rings. The first-order valence-electron chi connectivity index (χ1n) is 8.62. The minimum atomic E-state index is -0.710. The van der Waals surface area contributed by atoms with Gasteiger partial charge in [-0.2, -0.15) is 0 Å². The van der Waals surface area contributed by atoms with Crippen LogP contribution < -0.4 is 32.6 Å². The number of ether oxygens (including phenoxy) is 1. The Balaban J connectivity index is 0.00000261. The number of carbonyl (C=O) groups is 1. The smallest absolute Gasteiger partial charge is 0.391 e. The Labute approximate surface area is 178 Å². The highest BCUT2D eigenvalue weighted by atomic mass is 79.9. The van der Waals surface area contributed by atoms with Crippen molar-refractivity contribution in [3.63, 3.8) is 0 Å². The molecule has 0 saturated heterocycles. The lowest BCUT2D eigenvalue weighted by molar-refractivity contribution is -0.144. The van der Waals surface area contributed by atoms with Crippen LogP contribution in [-0.4, -0.2) is 18.5 Å². The number of halogens is 2. The Kier molecular flexibility index (Phi) is 7.06. The molecule has 27 heavy (non-hydrogen) atoms. The monoisotopic (exact) mass is 494 g/mol. The number of nitrogens with two attached hydrogens (primary N) is 1. The maximum atomic E-state index is 12.9. The van der Waals surface area contributed by atoms with E-state index in [0.29, 0.717) is 12.5 Å². The van der Waals surface area contributed by atoms with E-state index >= 15 is 0 Å². The van der Waals surface area contributed by atoms with Crippen LogP contribution in [0.25, 0.3) is 0 Å². The summed E-state index contributed by atoms with van der Waals surface area (Å²) in [5.74, 6) is 0.310. The summed E-state index contributed by atoms with van der Waals surface area (Å²) in [5.41, 5.74) is 9.70. The van der Waals surface area contributed by atoms with E-state index in [1.54, 1.807) is 11.8 Å². The van der Waals surface area contributed by atoms with Crippen LogP contribution >= 0.6 is 15.9 Å². The van der Waals surface area contributed by atoms with Gasteiger partial charge in [0.05, 0.1) is 6.61 Å². The molecule has 7 heteroatoms. The highest BCUT2D eigenvalue weighted by Crippen LogP contribution is 2.39. The minimum absolute atomic E-state index is 0. The van der Waals surface area contributed by atoms with Gasteiger partial charge in [-0.1, -0.05) is 59.0 Å². The average Bonchev–Trinajstić information content (AvgIpc) is 2.93. The number of anilines is 1. The second-order valence-corrected chi connectivity index (χ2v) is 7.27. The largest absolute Gasteiger partial charge is 1.00 e. The van der Waals surface area contributed by atoms with Crippen molar-refractivity contribution in [2.45, 2.75) is 32.7 Å². The van der Waals surface area contributed by atoms with E-state index < -0.39 is 6.04 Å². The van der Waals surface area contributed by atoms with Gasteiger partial charge in [-0.15, -0.1) is 0 Å². The molecule has 1 aliphatic rings. The van der Waals surface area contributed by atoms with Crippen molar-refractivity contribution in [1.82, 2.24) is 4.99 Å². The second kappa shape index (κ2) is 8.89. The van der Waals surface area contributed by atoms with E-state index in [1.807, 2.05) is 42.5 Å². The van der Waals surface area contributed by atoms with E-state index in [9.17, 15) is 4.79 Å². The molecule has 1 heterocycles. The van der Waals surface area contributed by atoms with Crippen LogP contribution in [-0.2, 0) is 9.53 Å². The number of fused-ring (bicyclic) bond motifs is 1. The Bertz CT molecular complexity index is 868. The van der Waals surface area contributed by atoms with Gasteiger partial charge in [-0.25, -0.2) is 9.69 Å². The van der Waals surface area contributed by atoms with Gasteiger partial charge in [0.2, 0.25) is 6.04 Å². The molecule has 143 valence electrons. The number of hydrogen-bond acceptors (Lipinski definition) is 5. The molecule has 1 atom stereocenters. The molecule has 1 aliphatic heterocycles. The fraction of sp³-hybridized carbons (Fsp3) is 0.300. The summed E-state index contributed by atoms with van der Waals surface area (Å²) in [6.45, 7) is 6.35. The molecule has 0 saturated carbocycles. The molecule has 2 N–H and O–H groups in total. The minimum Gasteiger partial charge on any atom is -1.00 e. The number of para-hydroxylation sites is 2. The Hall–Kier alpha value is -1.86. The zero-order valence-electron chi connectivity index (χ0n) is 15.4. The molecule has 0 amide bonds.